The highest BCUT2D eigenvalue weighted by Crippen LogP contribution is 2.24. The molecule has 0 saturated carbocycles. The van der Waals surface area contributed by atoms with E-state index in [1.54, 1.807) is 16.9 Å². The minimum absolute atomic E-state index is 0.221. The van der Waals surface area contributed by atoms with Gasteiger partial charge < -0.3 is 0 Å². The molecule has 1 unspecified atom stereocenters. The average molecular weight is 319 g/mol. The highest BCUT2D eigenvalue weighted by Gasteiger charge is 2.20. The summed E-state index contributed by atoms with van der Waals surface area (Å²) in [5, 5.41) is 4.10. The first-order chi connectivity index (χ1) is 10.5. The van der Waals surface area contributed by atoms with E-state index in [2.05, 4.69) is 9.82 Å². The van der Waals surface area contributed by atoms with Crippen molar-refractivity contribution in [2.75, 3.05) is 0 Å². The van der Waals surface area contributed by atoms with Gasteiger partial charge in [-0.25, -0.2) is 13.1 Å². The van der Waals surface area contributed by atoms with Crippen molar-refractivity contribution in [1.82, 2.24) is 14.5 Å². The van der Waals surface area contributed by atoms with Crippen LogP contribution in [0.3, 0.4) is 0 Å². The predicted octanol–water partition coefficient (Wildman–Crippen LogP) is 2.13. The molecule has 0 saturated heterocycles. The van der Waals surface area contributed by atoms with Gasteiger partial charge in [-0.15, -0.1) is 0 Å². The van der Waals surface area contributed by atoms with Crippen molar-refractivity contribution in [2.45, 2.75) is 50.1 Å². The van der Waals surface area contributed by atoms with E-state index in [9.17, 15) is 8.42 Å². The summed E-state index contributed by atoms with van der Waals surface area (Å²) < 4.78 is 29.5. The molecule has 0 fully saturated rings. The van der Waals surface area contributed by atoms with Crippen LogP contribution in [0.25, 0.3) is 0 Å². The van der Waals surface area contributed by atoms with E-state index in [1.165, 1.54) is 17.5 Å². The first-order valence-electron chi connectivity index (χ1n) is 7.66. The van der Waals surface area contributed by atoms with Crippen molar-refractivity contribution in [2.24, 2.45) is 0 Å². The predicted molar refractivity (Wildman–Crippen MR) is 85.1 cm³/mol. The van der Waals surface area contributed by atoms with Crippen LogP contribution in [0.5, 0.6) is 0 Å². The van der Waals surface area contributed by atoms with Gasteiger partial charge >= 0.3 is 0 Å². The van der Waals surface area contributed by atoms with E-state index in [0.29, 0.717) is 11.4 Å². The zero-order valence-electron chi connectivity index (χ0n) is 12.7. The Bertz CT molecular complexity index is 739. The van der Waals surface area contributed by atoms with Gasteiger partial charge in [0.1, 0.15) is 0 Å². The summed E-state index contributed by atoms with van der Waals surface area (Å²) in [5.41, 5.74) is 2.46. The summed E-state index contributed by atoms with van der Waals surface area (Å²) in [5.74, 6) is 0. The molecule has 0 radical (unpaired) electrons. The minimum atomic E-state index is -3.49. The minimum Gasteiger partial charge on any atom is -0.271 e. The summed E-state index contributed by atoms with van der Waals surface area (Å²) in [4.78, 5) is 0.362. The number of aromatic nitrogens is 2. The van der Waals surface area contributed by atoms with Crippen LogP contribution in [-0.2, 0) is 29.4 Å². The zero-order chi connectivity index (χ0) is 15.6. The summed E-state index contributed by atoms with van der Waals surface area (Å²) in [6, 6.07) is 7.11. The molecule has 6 heteroatoms. The van der Waals surface area contributed by atoms with E-state index in [-0.39, 0.29) is 6.04 Å². The largest absolute Gasteiger partial charge is 0.271 e. The molecule has 1 aliphatic rings. The van der Waals surface area contributed by atoms with E-state index in [1.807, 2.05) is 31.3 Å². The lowest BCUT2D eigenvalue weighted by Crippen LogP contribution is -2.35. The molecule has 3 rings (SSSR count). The monoisotopic (exact) mass is 319 g/mol. The maximum Gasteiger partial charge on any atom is 0.240 e. The van der Waals surface area contributed by atoms with Gasteiger partial charge in [0.25, 0.3) is 0 Å². The highest BCUT2D eigenvalue weighted by atomic mass is 32.2. The lowest BCUT2D eigenvalue weighted by molar-refractivity contribution is 0.494. The highest BCUT2D eigenvalue weighted by molar-refractivity contribution is 7.89. The number of hydrogen-bond donors (Lipinski definition) is 1. The van der Waals surface area contributed by atoms with Crippen LogP contribution in [-0.4, -0.2) is 24.2 Å². The van der Waals surface area contributed by atoms with Gasteiger partial charge in [0.2, 0.25) is 10.0 Å². The number of aryl methyl sites for hydroxylation is 2. The Morgan fingerprint density at radius 1 is 1.27 bits per heavy atom. The first-order valence-corrected chi connectivity index (χ1v) is 9.14. The molecule has 1 aliphatic carbocycles. The third-order valence-electron chi connectivity index (χ3n) is 4.01. The number of nitrogens with one attached hydrogen (secondary N) is 1. The smallest absolute Gasteiger partial charge is 0.240 e. The van der Waals surface area contributed by atoms with Crippen molar-refractivity contribution in [3.05, 3.63) is 47.8 Å². The van der Waals surface area contributed by atoms with E-state index in [0.717, 1.165) is 19.3 Å². The van der Waals surface area contributed by atoms with Crippen LogP contribution in [0.4, 0.5) is 0 Å². The topological polar surface area (TPSA) is 64.0 Å². The van der Waals surface area contributed by atoms with Crippen LogP contribution in [0.2, 0.25) is 0 Å². The SMILES string of the molecule is CC(Cn1cccn1)NS(=O)(=O)c1ccc2c(c1)CCCC2. The van der Waals surface area contributed by atoms with Crippen molar-refractivity contribution >= 4 is 10.0 Å². The van der Waals surface area contributed by atoms with Crippen LogP contribution >= 0.6 is 0 Å². The van der Waals surface area contributed by atoms with Crippen molar-refractivity contribution in [1.29, 1.82) is 0 Å². The summed E-state index contributed by atoms with van der Waals surface area (Å²) >= 11 is 0. The molecule has 0 bridgehead atoms. The molecule has 1 heterocycles. The van der Waals surface area contributed by atoms with Crippen LogP contribution in [0.1, 0.15) is 30.9 Å². The molecule has 0 spiro atoms. The number of hydrogen-bond acceptors (Lipinski definition) is 3. The normalized spacial score (nSPS) is 16.2. The fraction of sp³-hybridized carbons (Fsp3) is 0.438. The second-order valence-corrected chi connectivity index (χ2v) is 7.60. The molecule has 1 N–H and O–H groups in total. The van der Waals surface area contributed by atoms with Gasteiger partial charge in [0, 0.05) is 18.4 Å². The summed E-state index contributed by atoms with van der Waals surface area (Å²) in [7, 11) is -3.49. The quantitative estimate of drug-likeness (QED) is 0.918. The van der Waals surface area contributed by atoms with Gasteiger partial charge in [-0.1, -0.05) is 6.07 Å². The van der Waals surface area contributed by atoms with Crippen molar-refractivity contribution in [3.63, 3.8) is 0 Å². The van der Waals surface area contributed by atoms with Gasteiger partial charge in [-0.05, 0) is 61.9 Å². The van der Waals surface area contributed by atoms with E-state index in [4.69, 9.17) is 0 Å². The molecule has 1 atom stereocenters. The standard InChI is InChI=1S/C16H21N3O2S/c1-13(12-19-10-4-9-17-19)18-22(20,21)16-8-7-14-5-2-3-6-15(14)11-16/h4,7-11,13,18H,2-3,5-6,12H2,1H3. The Morgan fingerprint density at radius 2 is 2.05 bits per heavy atom. The fourth-order valence-corrected chi connectivity index (χ4v) is 4.22. The van der Waals surface area contributed by atoms with Crippen LogP contribution in [0.15, 0.2) is 41.6 Å². The second kappa shape index (κ2) is 6.22. The molecule has 0 amide bonds. The third kappa shape index (κ3) is 3.39. The Hall–Kier alpha value is -1.66. The lowest BCUT2D eigenvalue weighted by atomic mass is 9.92. The number of nitrogens with zero attached hydrogens (tertiary/aromatic N) is 2. The first kappa shape index (κ1) is 15.2. The van der Waals surface area contributed by atoms with E-state index >= 15 is 0 Å². The van der Waals surface area contributed by atoms with Crippen molar-refractivity contribution < 1.29 is 8.42 Å². The Morgan fingerprint density at radius 3 is 2.77 bits per heavy atom. The summed E-state index contributed by atoms with van der Waals surface area (Å²) in [6.45, 7) is 2.36. The van der Waals surface area contributed by atoms with E-state index < -0.39 is 10.0 Å². The molecule has 5 nitrogen and oxygen atoms in total. The number of fused-ring (bicyclic) bond motifs is 1. The van der Waals surface area contributed by atoms with Gasteiger partial charge in [0.15, 0.2) is 0 Å². The molecule has 118 valence electrons. The third-order valence-corrected chi connectivity index (χ3v) is 5.59. The van der Waals surface area contributed by atoms with Gasteiger partial charge in [-0.2, -0.15) is 5.10 Å². The molecule has 0 aliphatic heterocycles. The maximum absolute atomic E-state index is 12.5. The summed E-state index contributed by atoms with van der Waals surface area (Å²) in [6.07, 6.45) is 7.87. The molecule has 22 heavy (non-hydrogen) atoms. The number of benzene rings is 1. The Kier molecular flexibility index (Phi) is 4.31. The fourth-order valence-electron chi connectivity index (χ4n) is 2.94. The molecule has 1 aromatic heterocycles. The lowest BCUT2D eigenvalue weighted by Gasteiger charge is -2.18. The molecule has 2 aromatic rings. The second-order valence-electron chi connectivity index (χ2n) is 5.89. The zero-order valence-corrected chi connectivity index (χ0v) is 13.5. The van der Waals surface area contributed by atoms with Crippen molar-refractivity contribution in [3.8, 4) is 0 Å². The molecular weight excluding hydrogens is 298 g/mol. The maximum atomic E-state index is 12.5. The number of sulfonamides is 1. The van der Waals surface area contributed by atoms with Crippen LogP contribution in [0, 0.1) is 0 Å². The van der Waals surface area contributed by atoms with Gasteiger partial charge in [-0.3, -0.25) is 4.68 Å². The van der Waals surface area contributed by atoms with Gasteiger partial charge in [0.05, 0.1) is 11.4 Å². The Balaban J connectivity index is 1.74. The number of rotatable bonds is 5. The van der Waals surface area contributed by atoms with Crippen LogP contribution < -0.4 is 4.72 Å². The molecular formula is C16H21N3O2S. The average Bonchev–Trinajstić information content (AvgIpc) is 2.99. The Labute approximate surface area is 131 Å². The molecule has 1 aromatic carbocycles.